The van der Waals surface area contributed by atoms with Crippen LogP contribution in [0.2, 0.25) is 0 Å². The van der Waals surface area contributed by atoms with Crippen molar-refractivity contribution in [2.75, 3.05) is 5.32 Å². The average molecular weight is 270 g/mol. The van der Waals surface area contributed by atoms with Crippen LogP contribution in [0, 0.1) is 0 Å². The van der Waals surface area contributed by atoms with E-state index in [0.29, 0.717) is 18.2 Å². The van der Waals surface area contributed by atoms with E-state index in [4.69, 9.17) is 5.11 Å². The van der Waals surface area contributed by atoms with Gasteiger partial charge in [-0.15, -0.1) is 0 Å². The summed E-state index contributed by atoms with van der Waals surface area (Å²) in [6, 6.07) is 8.95. The summed E-state index contributed by atoms with van der Waals surface area (Å²) in [7, 11) is 0. The van der Waals surface area contributed by atoms with Gasteiger partial charge in [0, 0.05) is 5.39 Å². The summed E-state index contributed by atoms with van der Waals surface area (Å²) < 4.78 is 4.64. The van der Waals surface area contributed by atoms with Gasteiger partial charge in [0.25, 0.3) is 0 Å². The van der Waals surface area contributed by atoms with E-state index >= 15 is 0 Å². The van der Waals surface area contributed by atoms with Crippen LogP contribution in [0.15, 0.2) is 41.2 Å². The first-order valence-corrected chi connectivity index (χ1v) is 5.86. The maximum Gasteiger partial charge on any atom is 0.354 e. The minimum absolute atomic E-state index is 0.0145. The molecule has 7 nitrogen and oxygen atoms in total. The molecule has 0 saturated heterocycles. The van der Waals surface area contributed by atoms with Gasteiger partial charge < -0.3 is 14.9 Å². The highest BCUT2D eigenvalue weighted by atomic mass is 16.5. The van der Waals surface area contributed by atoms with E-state index in [1.54, 1.807) is 0 Å². The summed E-state index contributed by atoms with van der Waals surface area (Å²) in [5.41, 5.74) is -0.0145. The SMILES string of the molecule is O=C(O)c1cc2ccccc2c(NCc2ncon2)n1. The summed E-state index contributed by atoms with van der Waals surface area (Å²) >= 11 is 0. The molecule has 0 saturated carbocycles. The molecular formula is C13H10N4O3. The molecule has 3 aromatic rings. The van der Waals surface area contributed by atoms with Crippen molar-refractivity contribution in [1.29, 1.82) is 0 Å². The van der Waals surface area contributed by atoms with Crippen molar-refractivity contribution in [3.05, 3.63) is 48.2 Å². The third-order valence-electron chi connectivity index (χ3n) is 2.78. The van der Waals surface area contributed by atoms with E-state index in [-0.39, 0.29) is 5.69 Å². The number of carbonyl (C=O) groups is 1. The topological polar surface area (TPSA) is 101 Å². The number of anilines is 1. The Morgan fingerprint density at radius 1 is 1.35 bits per heavy atom. The highest BCUT2D eigenvalue weighted by molar-refractivity contribution is 5.97. The minimum Gasteiger partial charge on any atom is -0.477 e. The van der Waals surface area contributed by atoms with Crippen molar-refractivity contribution >= 4 is 22.6 Å². The normalized spacial score (nSPS) is 10.6. The van der Waals surface area contributed by atoms with Crippen LogP contribution in [0.25, 0.3) is 10.8 Å². The van der Waals surface area contributed by atoms with Crippen LogP contribution in [0.5, 0.6) is 0 Å². The highest BCUT2D eigenvalue weighted by Gasteiger charge is 2.11. The van der Waals surface area contributed by atoms with Crippen LogP contribution >= 0.6 is 0 Å². The number of fused-ring (bicyclic) bond motifs is 1. The van der Waals surface area contributed by atoms with Crippen LogP contribution < -0.4 is 5.32 Å². The number of hydrogen-bond donors (Lipinski definition) is 2. The van der Waals surface area contributed by atoms with Crippen LogP contribution in [-0.2, 0) is 6.54 Å². The number of benzene rings is 1. The molecule has 3 rings (SSSR count). The van der Waals surface area contributed by atoms with Gasteiger partial charge >= 0.3 is 5.97 Å². The molecule has 1 aromatic carbocycles. The molecule has 0 unspecified atom stereocenters. The predicted molar refractivity (Wildman–Crippen MR) is 70.3 cm³/mol. The largest absolute Gasteiger partial charge is 0.477 e. The van der Waals surface area contributed by atoms with E-state index < -0.39 is 5.97 Å². The molecule has 20 heavy (non-hydrogen) atoms. The molecule has 0 amide bonds. The summed E-state index contributed by atoms with van der Waals surface area (Å²) in [5.74, 6) is -0.125. The zero-order valence-electron chi connectivity index (χ0n) is 10.3. The number of nitrogens with one attached hydrogen (secondary N) is 1. The number of hydrogen-bond acceptors (Lipinski definition) is 6. The van der Waals surface area contributed by atoms with Gasteiger partial charge in [0.15, 0.2) is 11.5 Å². The van der Waals surface area contributed by atoms with Crippen LogP contribution in [-0.4, -0.2) is 26.2 Å². The molecule has 2 heterocycles. The Morgan fingerprint density at radius 2 is 2.20 bits per heavy atom. The Labute approximate surface area is 113 Å². The Bertz CT molecular complexity index is 755. The average Bonchev–Trinajstić information content (AvgIpc) is 2.97. The lowest BCUT2D eigenvalue weighted by Crippen LogP contribution is -2.07. The number of carboxylic acid groups (broad SMARTS) is 1. The van der Waals surface area contributed by atoms with Gasteiger partial charge in [0.05, 0.1) is 6.54 Å². The Hall–Kier alpha value is -2.96. The Balaban J connectivity index is 2.00. The second-order valence-corrected chi connectivity index (χ2v) is 4.08. The van der Waals surface area contributed by atoms with Crippen molar-refractivity contribution in [3.63, 3.8) is 0 Å². The third-order valence-corrected chi connectivity index (χ3v) is 2.78. The second-order valence-electron chi connectivity index (χ2n) is 4.08. The maximum atomic E-state index is 11.1. The number of pyridine rings is 1. The van der Waals surface area contributed by atoms with Gasteiger partial charge in [0.1, 0.15) is 5.82 Å². The molecule has 0 fully saturated rings. The standard InChI is InChI=1S/C13H10N4O3/c18-13(19)10-5-8-3-1-2-4-9(8)12(16-10)14-6-11-15-7-20-17-11/h1-5,7H,6H2,(H,14,16)(H,18,19). The van der Waals surface area contributed by atoms with E-state index in [1.807, 2.05) is 24.3 Å². The van der Waals surface area contributed by atoms with Crippen molar-refractivity contribution in [1.82, 2.24) is 15.1 Å². The first-order chi connectivity index (χ1) is 9.74. The number of aromatic carboxylic acids is 1. The van der Waals surface area contributed by atoms with Crippen LogP contribution in [0.4, 0.5) is 5.82 Å². The number of rotatable bonds is 4. The Kier molecular flexibility index (Phi) is 3.00. The summed E-state index contributed by atoms with van der Waals surface area (Å²) in [6.07, 6.45) is 1.23. The third kappa shape index (κ3) is 2.28. The number of aromatic nitrogens is 3. The van der Waals surface area contributed by atoms with Crippen LogP contribution in [0.1, 0.15) is 16.3 Å². The van der Waals surface area contributed by atoms with Gasteiger partial charge in [-0.25, -0.2) is 9.78 Å². The molecule has 0 aliphatic rings. The molecule has 2 aromatic heterocycles. The van der Waals surface area contributed by atoms with Crippen LogP contribution in [0.3, 0.4) is 0 Å². The lowest BCUT2D eigenvalue weighted by atomic mass is 10.1. The fourth-order valence-corrected chi connectivity index (χ4v) is 1.88. The summed E-state index contributed by atoms with van der Waals surface area (Å²) in [5, 5.41) is 17.4. The zero-order valence-corrected chi connectivity index (χ0v) is 10.3. The molecule has 0 spiro atoms. The smallest absolute Gasteiger partial charge is 0.354 e. The second kappa shape index (κ2) is 4.96. The van der Waals surface area contributed by atoms with E-state index in [0.717, 1.165) is 10.8 Å². The van der Waals surface area contributed by atoms with Gasteiger partial charge in [-0.1, -0.05) is 29.4 Å². The predicted octanol–water partition coefficient (Wildman–Crippen LogP) is 1.93. The van der Waals surface area contributed by atoms with E-state index in [1.165, 1.54) is 12.5 Å². The fourth-order valence-electron chi connectivity index (χ4n) is 1.88. The fraction of sp³-hybridized carbons (Fsp3) is 0.0769. The maximum absolute atomic E-state index is 11.1. The summed E-state index contributed by atoms with van der Waals surface area (Å²) in [6.45, 7) is 0.302. The molecule has 0 atom stereocenters. The van der Waals surface area contributed by atoms with Crippen molar-refractivity contribution in [2.45, 2.75) is 6.54 Å². The first-order valence-electron chi connectivity index (χ1n) is 5.86. The molecule has 100 valence electrons. The monoisotopic (exact) mass is 270 g/mol. The van der Waals surface area contributed by atoms with Crippen molar-refractivity contribution in [3.8, 4) is 0 Å². The molecule has 7 heteroatoms. The molecule has 0 aliphatic heterocycles. The van der Waals surface area contributed by atoms with Gasteiger partial charge in [-0.3, -0.25) is 0 Å². The van der Waals surface area contributed by atoms with Gasteiger partial charge in [0.2, 0.25) is 6.39 Å². The molecule has 0 radical (unpaired) electrons. The number of carboxylic acids is 1. The molecule has 0 aliphatic carbocycles. The van der Waals surface area contributed by atoms with Crippen molar-refractivity contribution < 1.29 is 14.4 Å². The van der Waals surface area contributed by atoms with E-state index in [9.17, 15) is 4.79 Å². The Morgan fingerprint density at radius 3 is 2.95 bits per heavy atom. The van der Waals surface area contributed by atoms with Gasteiger partial charge in [-0.2, -0.15) is 4.98 Å². The quantitative estimate of drug-likeness (QED) is 0.746. The highest BCUT2D eigenvalue weighted by Crippen LogP contribution is 2.22. The van der Waals surface area contributed by atoms with E-state index in [2.05, 4.69) is 25.0 Å². The molecule has 2 N–H and O–H groups in total. The molecule has 0 bridgehead atoms. The first kappa shape index (κ1) is 12.1. The van der Waals surface area contributed by atoms with Gasteiger partial charge in [-0.05, 0) is 11.5 Å². The lowest BCUT2D eigenvalue weighted by Gasteiger charge is -2.08. The van der Waals surface area contributed by atoms with Crippen molar-refractivity contribution in [2.24, 2.45) is 0 Å². The zero-order chi connectivity index (χ0) is 13.9. The summed E-state index contributed by atoms with van der Waals surface area (Å²) in [4.78, 5) is 19.1. The lowest BCUT2D eigenvalue weighted by molar-refractivity contribution is 0.0691. The minimum atomic E-state index is -1.07. The number of nitrogens with zero attached hydrogens (tertiary/aromatic N) is 3. The molecular weight excluding hydrogens is 260 g/mol.